The molecule has 1 saturated carbocycles. The van der Waals surface area contributed by atoms with Crippen LogP contribution < -0.4 is 10.7 Å². The van der Waals surface area contributed by atoms with Gasteiger partial charge in [-0.3, -0.25) is 9.59 Å². The molecule has 0 unspecified atom stereocenters. The fraction of sp³-hybridized carbons (Fsp3) is 0.308. The average Bonchev–Trinajstić information content (AvgIpc) is 3.20. The molecular formula is C13H15N3O2. The van der Waals surface area contributed by atoms with Crippen molar-refractivity contribution in [2.75, 3.05) is 0 Å². The summed E-state index contributed by atoms with van der Waals surface area (Å²) in [4.78, 5) is 22.8. The van der Waals surface area contributed by atoms with Gasteiger partial charge >= 0.3 is 11.8 Å². The first kappa shape index (κ1) is 12.3. The van der Waals surface area contributed by atoms with Crippen molar-refractivity contribution >= 4 is 17.5 Å². The van der Waals surface area contributed by atoms with Gasteiger partial charge in [0.05, 0.1) is 5.71 Å². The Morgan fingerprint density at radius 2 is 1.83 bits per heavy atom. The van der Waals surface area contributed by atoms with Gasteiger partial charge in [0.1, 0.15) is 0 Å². The van der Waals surface area contributed by atoms with Crippen LogP contribution in [0.25, 0.3) is 0 Å². The lowest BCUT2D eigenvalue weighted by molar-refractivity contribution is -0.139. The van der Waals surface area contributed by atoms with Crippen LogP contribution in [0.4, 0.5) is 0 Å². The van der Waals surface area contributed by atoms with Crippen molar-refractivity contribution in [3.8, 4) is 0 Å². The summed E-state index contributed by atoms with van der Waals surface area (Å²) >= 11 is 0. The second-order valence-corrected chi connectivity index (χ2v) is 4.25. The number of benzene rings is 1. The molecule has 0 spiro atoms. The topological polar surface area (TPSA) is 70.6 Å². The number of hydrogen-bond acceptors (Lipinski definition) is 3. The summed E-state index contributed by atoms with van der Waals surface area (Å²) in [5, 5.41) is 6.50. The van der Waals surface area contributed by atoms with Gasteiger partial charge in [-0.2, -0.15) is 5.10 Å². The molecule has 0 heterocycles. The zero-order chi connectivity index (χ0) is 13.0. The summed E-state index contributed by atoms with van der Waals surface area (Å²) in [6.45, 7) is 1.77. The lowest BCUT2D eigenvalue weighted by Gasteiger charge is -2.03. The summed E-state index contributed by atoms with van der Waals surface area (Å²) in [5.74, 6) is -1.35. The molecule has 1 aromatic rings. The minimum Gasteiger partial charge on any atom is -0.345 e. The third-order valence-electron chi connectivity index (χ3n) is 2.64. The first-order valence-electron chi connectivity index (χ1n) is 5.87. The van der Waals surface area contributed by atoms with E-state index in [4.69, 9.17) is 0 Å². The van der Waals surface area contributed by atoms with Gasteiger partial charge in [-0.05, 0) is 25.3 Å². The maximum atomic E-state index is 11.4. The minimum atomic E-state index is -0.725. The van der Waals surface area contributed by atoms with Gasteiger partial charge in [-0.15, -0.1) is 0 Å². The van der Waals surface area contributed by atoms with Crippen LogP contribution in [-0.4, -0.2) is 23.6 Å². The van der Waals surface area contributed by atoms with E-state index >= 15 is 0 Å². The lowest BCUT2D eigenvalue weighted by Crippen LogP contribution is -2.39. The number of nitrogens with one attached hydrogen (secondary N) is 2. The van der Waals surface area contributed by atoms with E-state index in [1.165, 1.54) is 0 Å². The minimum absolute atomic E-state index is 0.169. The number of carbonyl (C=O) groups is 2. The van der Waals surface area contributed by atoms with Crippen LogP contribution in [0.3, 0.4) is 0 Å². The van der Waals surface area contributed by atoms with Crippen LogP contribution in [0.5, 0.6) is 0 Å². The van der Waals surface area contributed by atoms with E-state index in [-0.39, 0.29) is 6.04 Å². The molecule has 0 aliphatic heterocycles. The first-order valence-corrected chi connectivity index (χ1v) is 5.87. The molecule has 1 aromatic carbocycles. The fourth-order valence-corrected chi connectivity index (χ4v) is 1.41. The molecule has 0 aromatic heterocycles. The zero-order valence-corrected chi connectivity index (χ0v) is 10.1. The summed E-state index contributed by atoms with van der Waals surface area (Å²) in [7, 11) is 0. The molecular weight excluding hydrogens is 230 g/mol. The number of nitrogens with zero attached hydrogens (tertiary/aromatic N) is 1. The number of amides is 2. The number of hydrazone groups is 1. The largest absolute Gasteiger partial charge is 0.345 e. The van der Waals surface area contributed by atoms with E-state index in [0.717, 1.165) is 18.4 Å². The normalized spacial score (nSPS) is 15.1. The maximum absolute atomic E-state index is 11.4. The van der Waals surface area contributed by atoms with E-state index in [0.29, 0.717) is 5.71 Å². The summed E-state index contributed by atoms with van der Waals surface area (Å²) in [6.07, 6.45) is 1.90. The molecule has 5 nitrogen and oxygen atoms in total. The summed E-state index contributed by atoms with van der Waals surface area (Å²) in [5.41, 5.74) is 3.81. The molecule has 1 aliphatic carbocycles. The Hall–Kier alpha value is -2.17. The van der Waals surface area contributed by atoms with E-state index < -0.39 is 11.8 Å². The Balaban J connectivity index is 1.89. The Morgan fingerprint density at radius 3 is 2.44 bits per heavy atom. The molecule has 18 heavy (non-hydrogen) atoms. The van der Waals surface area contributed by atoms with Gasteiger partial charge in [-0.1, -0.05) is 30.3 Å². The smallest absolute Gasteiger partial charge is 0.329 e. The van der Waals surface area contributed by atoms with Gasteiger partial charge in [0.15, 0.2) is 0 Å². The third kappa shape index (κ3) is 3.41. The molecule has 1 aliphatic rings. The lowest BCUT2D eigenvalue weighted by atomic mass is 10.1. The van der Waals surface area contributed by atoms with E-state index in [1.807, 2.05) is 30.3 Å². The molecule has 5 heteroatoms. The molecule has 0 bridgehead atoms. The van der Waals surface area contributed by atoms with Crippen molar-refractivity contribution in [3.63, 3.8) is 0 Å². The SMILES string of the molecule is C/C(=N/NC(=O)C(=O)NC1CC1)c1ccccc1. The zero-order valence-electron chi connectivity index (χ0n) is 10.1. The molecule has 0 radical (unpaired) electrons. The molecule has 2 rings (SSSR count). The highest BCUT2D eigenvalue weighted by atomic mass is 16.2. The van der Waals surface area contributed by atoms with Crippen LogP contribution in [0, 0.1) is 0 Å². The van der Waals surface area contributed by atoms with Crippen molar-refractivity contribution in [1.29, 1.82) is 0 Å². The Morgan fingerprint density at radius 1 is 1.17 bits per heavy atom. The van der Waals surface area contributed by atoms with Crippen LogP contribution in [0.2, 0.25) is 0 Å². The quantitative estimate of drug-likeness (QED) is 0.470. The highest BCUT2D eigenvalue weighted by molar-refractivity contribution is 6.35. The molecule has 94 valence electrons. The summed E-state index contributed by atoms with van der Waals surface area (Å²) < 4.78 is 0. The second-order valence-electron chi connectivity index (χ2n) is 4.25. The van der Waals surface area contributed by atoms with Crippen LogP contribution in [0.15, 0.2) is 35.4 Å². The van der Waals surface area contributed by atoms with Gasteiger partial charge in [0.25, 0.3) is 0 Å². The first-order chi connectivity index (χ1) is 8.66. The Kier molecular flexibility index (Phi) is 3.72. The van der Waals surface area contributed by atoms with Gasteiger partial charge < -0.3 is 5.32 Å². The fourth-order valence-electron chi connectivity index (χ4n) is 1.41. The van der Waals surface area contributed by atoms with Gasteiger partial charge in [-0.25, -0.2) is 5.43 Å². The monoisotopic (exact) mass is 245 g/mol. The predicted molar refractivity (Wildman–Crippen MR) is 68.0 cm³/mol. The Labute approximate surface area is 105 Å². The second kappa shape index (κ2) is 5.44. The average molecular weight is 245 g/mol. The van der Waals surface area contributed by atoms with Crippen molar-refractivity contribution in [3.05, 3.63) is 35.9 Å². The molecule has 0 atom stereocenters. The number of carbonyl (C=O) groups excluding carboxylic acids is 2. The van der Waals surface area contributed by atoms with Crippen molar-refractivity contribution < 1.29 is 9.59 Å². The standard InChI is InChI=1S/C13H15N3O2/c1-9(10-5-3-2-4-6-10)15-16-13(18)12(17)14-11-7-8-11/h2-6,11H,7-8H2,1H3,(H,14,17)(H,16,18)/b15-9-. The summed E-state index contributed by atoms with van der Waals surface area (Å²) in [6, 6.07) is 9.61. The van der Waals surface area contributed by atoms with Crippen molar-refractivity contribution in [1.82, 2.24) is 10.7 Å². The van der Waals surface area contributed by atoms with Crippen molar-refractivity contribution in [2.24, 2.45) is 5.10 Å². The highest BCUT2D eigenvalue weighted by Gasteiger charge is 2.26. The van der Waals surface area contributed by atoms with Crippen molar-refractivity contribution in [2.45, 2.75) is 25.8 Å². The van der Waals surface area contributed by atoms with Crippen LogP contribution in [0.1, 0.15) is 25.3 Å². The predicted octanol–water partition coefficient (Wildman–Crippen LogP) is 0.805. The molecule has 2 N–H and O–H groups in total. The Bertz CT molecular complexity index is 478. The van der Waals surface area contributed by atoms with Gasteiger partial charge in [0, 0.05) is 6.04 Å². The van der Waals surface area contributed by atoms with Gasteiger partial charge in [0.2, 0.25) is 0 Å². The number of rotatable bonds is 3. The van der Waals surface area contributed by atoms with Crippen LogP contribution in [-0.2, 0) is 9.59 Å². The van der Waals surface area contributed by atoms with E-state index in [9.17, 15) is 9.59 Å². The maximum Gasteiger partial charge on any atom is 0.329 e. The molecule has 1 fully saturated rings. The molecule has 2 amide bonds. The van der Waals surface area contributed by atoms with Crippen LogP contribution >= 0.6 is 0 Å². The van der Waals surface area contributed by atoms with E-state index in [1.54, 1.807) is 6.92 Å². The highest BCUT2D eigenvalue weighted by Crippen LogP contribution is 2.18. The van der Waals surface area contributed by atoms with E-state index in [2.05, 4.69) is 15.8 Å². The third-order valence-corrected chi connectivity index (χ3v) is 2.64. The number of hydrogen-bond donors (Lipinski definition) is 2. The molecule has 0 saturated heterocycles.